The van der Waals surface area contributed by atoms with Gasteiger partial charge in [0.05, 0.1) is 11.9 Å². The van der Waals surface area contributed by atoms with E-state index in [1.807, 2.05) is 18.2 Å². The maximum atomic E-state index is 12.0. The molecule has 0 aliphatic rings. The number of aromatic nitrogens is 3. The number of hydrogen-bond acceptors (Lipinski definition) is 5. The van der Waals surface area contributed by atoms with Crippen LogP contribution in [0.4, 0.5) is 0 Å². The van der Waals surface area contributed by atoms with Gasteiger partial charge in [0, 0.05) is 25.8 Å². The summed E-state index contributed by atoms with van der Waals surface area (Å²) in [5.74, 6) is -0.0375. The number of nitrogens with one attached hydrogen (secondary N) is 1. The molecule has 0 atom stereocenters. The highest BCUT2D eigenvalue weighted by Crippen LogP contribution is 2.08. The van der Waals surface area contributed by atoms with Crippen LogP contribution < -0.4 is 10.5 Å². The summed E-state index contributed by atoms with van der Waals surface area (Å²) >= 11 is 0. The molecule has 0 fully saturated rings. The molecule has 1 aromatic heterocycles. The molecule has 0 unspecified atom stereocenters. The molecule has 114 valence electrons. The minimum Gasteiger partial charge on any atom is -0.326 e. The molecule has 1 aromatic carbocycles. The van der Waals surface area contributed by atoms with Gasteiger partial charge in [0.25, 0.3) is 0 Å². The van der Waals surface area contributed by atoms with E-state index in [9.17, 15) is 8.42 Å². The van der Waals surface area contributed by atoms with Crippen LogP contribution in [0.2, 0.25) is 0 Å². The topological polar surface area (TPSA) is 103 Å². The zero-order valence-electron chi connectivity index (χ0n) is 11.6. The summed E-state index contributed by atoms with van der Waals surface area (Å²) in [5, 5.41) is 7.50. The molecule has 2 rings (SSSR count). The number of sulfonamides is 1. The Morgan fingerprint density at radius 3 is 2.81 bits per heavy atom. The van der Waals surface area contributed by atoms with Gasteiger partial charge in [-0.05, 0) is 17.5 Å². The van der Waals surface area contributed by atoms with Crippen molar-refractivity contribution >= 4 is 10.0 Å². The number of benzene rings is 1. The van der Waals surface area contributed by atoms with Crippen molar-refractivity contribution in [3.63, 3.8) is 0 Å². The SMILES string of the molecule is NCc1cccc(CS(=O)(=O)NCCCn2ccnn2)c1. The average Bonchev–Trinajstić information content (AvgIpc) is 2.96. The first-order chi connectivity index (χ1) is 10.1. The van der Waals surface area contributed by atoms with Gasteiger partial charge >= 0.3 is 0 Å². The van der Waals surface area contributed by atoms with Gasteiger partial charge in [-0.2, -0.15) is 0 Å². The lowest BCUT2D eigenvalue weighted by Crippen LogP contribution is -2.27. The lowest BCUT2D eigenvalue weighted by atomic mass is 10.1. The molecule has 0 amide bonds. The molecular formula is C13H19N5O2S. The number of hydrogen-bond donors (Lipinski definition) is 2. The van der Waals surface area contributed by atoms with Crippen molar-refractivity contribution in [1.82, 2.24) is 19.7 Å². The molecule has 8 heteroatoms. The largest absolute Gasteiger partial charge is 0.326 e. The zero-order chi connectivity index (χ0) is 15.1. The molecule has 3 N–H and O–H groups in total. The summed E-state index contributed by atoms with van der Waals surface area (Å²) in [7, 11) is -3.34. The van der Waals surface area contributed by atoms with Crippen molar-refractivity contribution in [1.29, 1.82) is 0 Å². The third-order valence-corrected chi connectivity index (χ3v) is 4.30. The van der Waals surface area contributed by atoms with Gasteiger partial charge in [0.2, 0.25) is 10.0 Å². The monoisotopic (exact) mass is 309 g/mol. The van der Waals surface area contributed by atoms with Gasteiger partial charge < -0.3 is 5.73 Å². The molecule has 0 radical (unpaired) electrons. The zero-order valence-corrected chi connectivity index (χ0v) is 12.5. The second kappa shape index (κ2) is 7.30. The highest BCUT2D eigenvalue weighted by Gasteiger charge is 2.11. The van der Waals surface area contributed by atoms with Crippen molar-refractivity contribution in [2.24, 2.45) is 5.73 Å². The third kappa shape index (κ3) is 5.25. The number of nitrogens with two attached hydrogens (primary N) is 1. The van der Waals surface area contributed by atoms with E-state index in [0.29, 0.717) is 26.1 Å². The summed E-state index contributed by atoms with van der Waals surface area (Å²) in [6.07, 6.45) is 3.99. The van der Waals surface area contributed by atoms with Crippen LogP contribution in [-0.2, 0) is 28.9 Å². The van der Waals surface area contributed by atoms with Crippen LogP contribution in [0.15, 0.2) is 36.7 Å². The van der Waals surface area contributed by atoms with E-state index in [-0.39, 0.29) is 5.75 Å². The normalized spacial score (nSPS) is 11.7. The van der Waals surface area contributed by atoms with E-state index in [1.54, 1.807) is 23.1 Å². The van der Waals surface area contributed by atoms with Crippen LogP contribution >= 0.6 is 0 Å². The average molecular weight is 309 g/mol. The highest BCUT2D eigenvalue weighted by molar-refractivity contribution is 7.88. The van der Waals surface area contributed by atoms with Gasteiger partial charge in [-0.1, -0.05) is 29.5 Å². The maximum absolute atomic E-state index is 12.0. The Hall–Kier alpha value is -1.77. The Morgan fingerprint density at radius 1 is 1.29 bits per heavy atom. The van der Waals surface area contributed by atoms with Crippen molar-refractivity contribution in [2.45, 2.75) is 25.3 Å². The van der Waals surface area contributed by atoms with E-state index in [2.05, 4.69) is 15.0 Å². The third-order valence-electron chi connectivity index (χ3n) is 2.94. The van der Waals surface area contributed by atoms with Crippen molar-refractivity contribution in [2.75, 3.05) is 6.54 Å². The van der Waals surface area contributed by atoms with E-state index in [1.165, 1.54) is 0 Å². The smallest absolute Gasteiger partial charge is 0.215 e. The molecule has 0 saturated carbocycles. The summed E-state index contributed by atoms with van der Waals surface area (Å²) in [5.41, 5.74) is 7.21. The fraction of sp³-hybridized carbons (Fsp3) is 0.385. The first kappa shape index (κ1) is 15.6. The van der Waals surface area contributed by atoms with E-state index in [0.717, 1.165) is 11.1 Å². The standard InChI is InChI=1S/C13H19N5O2S/c14-10-12-3-1-4-13(9-12)11-21(19,20)16-5-2-7-18-8-6-15-17-18/h1,3-4,6,8-9,16H,2,5,7,10-11,14H2. The Morgan fingerprint density at radius 2 is 2.10 bits per heavy atom. The van der Waals surface area contributed by atoms with Crippen LogP contribution in [-0.4, -0.2) is 30.0 Å². The first-order valence-electron chi connectivity index (χ1n) is 6.68. The lowest BCUT2D eigenvalue weighted by Gasteiger charge is -2.08. The Bertz CT molecular complexity index is 655. The second-order valence-corrected chi connectivity index (χ2v) is 6.50. The lowest BCUT2D eigenvalue weighted by molar-refractivity contribution is 0.542. The summed E-state index contributed by atoms with van der Waals surface area (Å²) in [6.45, 7) is 1.41. The molecule has 21 heavy (non-hydrogen) atoms. The second-order valence-electron chi connectivity index (χ2n) is 4.70. The summed E-state index contributed by atoms with van der Waals surface area (Å²) in [6, 6.07) is 7.29. The summed E-state index contributed by atoms with van der Waals surface area (Å²) < 4.78 is 28.2. The number of aryl methyl sites for hydroxylation is 1. The quantitative estimate of drug-likeness (QED) is 0.680. The number of rotatable bonds is 8. The van der Waals surface area contributed by atoms with Gasteiger partial charge in [0.15, 0.2) is 0 Å². The maximum Gasteiger partial charge on any atom is 0.215 e. The molecular weight excluding hydrogens is 290 g/mol. The predicted octanol–water partition coefficient (Wildman–Crippen LogP) is 0.246. The Labute approximate surface area is 124 Å². The van der Waals surface area contributed by atoms with Crippen molar-refractivity contribution in [3.05, 3.63) is 47.8 Å². The predicted molar refractivity (Wildman–Crippen MR) is 79.6 cm³/mol. The molecule has 0 aliphatic carbocycles. The van der Waals surface area contributed by atoms with E-state index in [4.69, 9.17) is 5.73 Å². The van der Waals surface area contributed by atoms with Crippen LogP contribution in [0, 0.1) is 0 Å². The van der Waals surface area contributed by atoms with E-state index < -0.39 is 10.0 Å². The first-order valence-corrected chi connectivity index (χ1v) is 8.33. The Balaban J connectivity index is 1.81. The molecule has 0 spiro atoms. The minimum absolute atomic E-state index is 0.0375. The fourth-order valence-electron chi connectivity index (χ4n) is 1.94. The fourth-order valence-corrected chi connectivity index (χ4v) is 3.11. The van der Waals surface area contributed by atoms with Crippen molar-refractivity contribution in [3.8, 4) is 0 Å². The van der Waals surface area contributed by atoms with Crippen LogP contribution in [0.5, 0.6) is 0 Å². The van der Waals surface area contributed by atoms with Crippen LogP contribution in [0.3, 0.4) is 0 Å². The van der Waals surface area contributed by atoms with Gasteiger partial charge in [-0.3, -0.25) is 4.68 Å². The summed E-state index contributed by atoms with van der Waals surface area (Å²) in [4.78, 5) is 0. The van der Waals surface area contributed by atoms with Crippen LogP contribution in [0.1, 0.15) is 17.5 Å². The van der Waals surface area contributed by atoms with Crippen LogP contribution in [0.25, 0.3) is 0 Å². The van der Waals surface area contributed by atoms with Gasteiger partial charge in [-0.25, -0.2) is 13.1 Å². The number of nitrogens with zero attached hydrogens (tertiary/aromatic N) is 3. The Kier molecular flexibility index (Phi) is 5.43. The minimum atomic E-state index is -3.34. The van der Waals surface area contributed by atoms with Crippen molar-refractivity contribution < 1.29 is 8.42 Å². The van der Waals surface area contributed by atoms with Gasteiger partial charge in [-0.15, -0.1) is 5.10 Å². The highest BCUT2D eigenvalue weighted by atomic mass is 32.2. The molecule has 0 bridgehead atoms. The molecule has 0 aliphatic heterocycles. The van der Waals surface area contributed by atoms with E-state index >= 15 is 0 Å². The molecule has 7 nitrogen and oxygen atoms in total. The molecule has 0 saturated heterocycles. The van der Waals surface area contributed by atoms with Gasteiger partial charge in [0.1, 0.15) is 0 Å². The molecule has 2 aromatic rings. The molecule has 1 heterocycles.